The largest absolute Gasteiger partial charge is 0.429 e. The maximum atomic E-state index is 14.7. The number of rotatable bonds is 13. The smallest absolute Gasteiger partial charge is 0.429 e. The topological polar surface area (TPSA) is 18.5 Å². The molecule has 3 aromatic rings. The summed E-state index contributed by atoms with van der Waals surface area (Å²) in [5, 5.41) is 0. The standard InChI is InChI=1S/C29H30F6O2/c1-3-5-7-9-21-12-19-25(27(31)26(21)30)29(34,35)37-24-17-13-22(14-18-24)28(32,33)36-23-15-10-20(11-16-23)8-6-4-2/h10-19H,3-9H2,1-2H3. The van der Waals surface area contributed by atoms with Crippen molar-refractivity contribution in [1.29, 1.82) is 0 Å². The summed E-state index contributed by atoms with van der Waals surface area (Å²) in [7, 11) is 0. The molecule has 2 nitrogen and oxygen atoms in total. The Labute approximate surface area is 213 Å². The number of unbranched alkanes of at least 4 members (excludes halogenated alkanes) is 3. The van der Waals surface area contributed by atoms with Crippen molar-refractivity contribution >= 4 is 0 Å². The fourth-order valence-electron chi connectivity index (χ4n) is 3.80. The molecule has 0 aromatic heterocycles. The summed E-state index contributed by atoms with van der Waals surface area (Å²) in [5.74, 6) is -3.59. The molecule has 3 rings (SSSR count). The summed E-state index contributed by atoms with van der Waals surface area (Å²) in [4.78, 5) is 0. The molecule has 0 bridgehead atoms. The first kappa shape index (κ1) is 28.4. The first-order valence-electron chi connectivity index (χ1n) is 12.4. The van der Waals surface area contributed by atoms with Crippen molar-refractivity contribution in [1.82, 2.24) is 0 Å². The Balaban J connectivity index is 1.69. The van der Waals surface area contributed by atoms with Gasteiger partial charge in [-0.05, 0) is 79.3 Å². The van der Waals surface area contributed by atoms with Gasteiger partial charge in [0.25, 0.3) is 0 Å². The molecule has 0 amide bonds. The van der Waals surface area contributed by atoms with Crippen LogP contribution in [0.2, 0.25) is 0 Å². The van der Waals surface area contributed by atoms with Gasteiger partial charge in [0.2, 0.25) is 0 Å². The third-order valence-corrected chi connectivity index (χ3v) is 5.95. The monoisotopic (exact) mass is 524 g/mol. The van der Waals surface area contributed by atoms with Gasteiger partial charge in [-0.15, -0.1) is 0 Å². The number of ether oxygens (including phenoxy) is 2. The van der Waals surface area contributed by atoms with Gasteiger partial charge < -0.3 is 9.47 Å². The molecule has 37 heavy (non-hydrogen) atoms. The average molecular weight is 525 g/mol. The maximum Gasteiger partial charge on any atom is 0.429 e. The van der Waals surface area contributed by atoms with Gasteiger partial charge in [0.1, 0.15) is 17.1 Å². The zero-order valence-corrected chi connectivity index (χ0v) is 20.8. The van der Waals surface area contributed by atoms with E-state index in [9.17, 15) is 26.3 Å². The van der Waals surface area contributed by atoms with Crippen molar-refractivity contribution in [3.05, 3.63) is 94.6 Å². The molecule has 0 aliphatic rings. The second-order valence-corrected chi connectivity index (χ2v) is 8.87. The van der Waals surface area contributed by atoms with Gasteiger partial charge in [-0.25, -0.2) is 8.78 Å². The van der Waals surface area contributed by atoms with Crippen molar-refractivity contribution in [2.75, 3.05) is 0 Å². The van der Waals surface area contributed by atoms with E-state index in [1.807, 2.05) is 6.92 Å². The summed E-state index contributed by atoms with van der Waals surface area (Å²) < 4.78 is 96.7. The molecule has 0 unspecified atom stereocenters. The molecular formula is C29H30F6O2. The van der Waals surface area contributed by atoms with Gasteiger partial charge >= 0.3 is 12.2 Å². The lowest BCUT2D eigenvalue weighted by atomic mass is 10.0. The molecule has 0 atom stereocenters. The number of hydrogen-bond acceptors (Lipinski definition) is 2. The van der Waals surface area contributed by atoms with Crippen LogP contribution in [0.3, 0.4) is 0 Å². The van der Waals surface area contributed by atoms with Crippen molar-refractivity contribution < 1.29 is 35.8 Å². The fourth-order valence-corrected chi connectivity index (χ4v) is 3.80. The van der Waals surface area contributed by atoms with Gasteiger partial charge in [0, 0.05) is 0 Å². The molecule has 3 aromatic carbocycles. The lowest BCUT2D eigenvalue weighted by molar-refractivity contribution is -0.188. The molecule has 0 spiro atoms. The van der Waals surface area contributed by atoms with Crippen LogP contribution in [0.4, 0.5) is 26.3 Å². The Kier molecular flexibility index (Phi) is 9.51. The number of hydrogen-bond donors (Lipinski definition) is 0. The summed E-state index contributed by atoms with van der Waals surface area (Å²) in [5.41, 5.74) is -0.855. The Morgan fingerprint density at radius 3 is 1.76 bits per heavy atom. The van der Waals surface area contributed by atoms with Crippen LogP contribution in [0, 0.1) is 11.6 Å². The molecule has 0 radical (unpaired) electrons. The van der Waals surface area contributed by atoms with E-state index < -0.39 is 40.7 Å². The van der Waals surface area contributed by atoms with Crippen molar-refractivity contribution in [3.8, 4) is 11.5 Å². The van der Waals surface area contributed by atoms with Crippen LogP contribution in [-0.2, 0) is 25.1 Å². The SMILES string of the molecule is CCCCCc1ccc(C(F)(F)Oc2ccc(C(F)(F)Oc3ccc(CCCC)cc3)cc2)c(F)c1F. The Hall–Kier alpha value is -3.16. The molecule has 0 N–H and O–H groups in total. The van der Waals surface area contributed by atoms with E-state index in [-0.39, 0.29) is 17.7 Å². The molecule has 0 saturated carbocycles. The zero-order valence-electron chi connectivity index (χ0n) is 20.8. The van der Waals surface area contributed by atoms with Crippen LogP contribution in [0.25, 0.3) is 0 Å². The van der Waals surface area contributed by atoms with Gasteiger partial charge in [0.05, 0.1) is 5.56 Å². The van der Waals surface area contributed by atoms with Crippen LogP contribution in [-0.4, -0.2) is 0 Å². The number of benzene rings is 3. The Morgan fingerprint density at radius 2 is 1.16 bits per heavy atom. The lowest BCUT2D eigenvalue weighted by Gasteiger charge is -2.21. The third kappa shape index (κ3) is 7.43. The fraction of sp³-hybridized carbons (Fsp3) is 0.379. The molecule has 200 valence electrons. The second kappa shape index (κ2) is 12.4. The van der Waals surface area contributed by atoms with Crippen LogP contribution in [0.1, 0.15) is 68.2 Å². The number of aryl methyl sites for hydroxylation is 2. The summed E-state index contributed by atoms with van der Waals surface area (Å²) in [6, 6.07) is 11.7. The van der Waals surface area contributed by atoms with E-state index in [1.54, 1.807) is 12.1 Å². The van der Waals surface area contributed by atoms with Gasteiger partial charge in [-0.1, -0.05) is 51.3 Å². The van der Waals surface area contributed by atoms with E-state index in [2.05, 4.69) is 11.7 Å². The third-order valence-electron chi connectivity index (χ3n) is 5.95. The minimum absolute atomic E-state index is 0.00711. The summed E-state index contributed by atoms with van der Waals surface area (Å²) in [6.45, 7) is 4.01. The maximum absolute atomic E-state index is 14.7. The van der Waals surface area contributed by atoms with Gasteiger partial charge in [-0.2, -0.15) is 17.6 Å². The highest BCUT2D eigenvalue weighted by molar-refractivity contribution is 5.34. The molecule has 0 aliphatic heterocycles. The average Bonchev–Trinajstić information content (AvgIpc) is 2.86. The predicted octanol–water partition coefficient (Wildman–Crippen LogP) is 9.30. The molecule has 0 fully saturated rings. The Bertz CT molecular complexity index is 1140. The quantitative estimate of drug-likeness (QED) is 0.164. The number of halogens is 6. The van der Waals surface area contributed by atoms with E-state index >= 15 is 0 Å². The van der Waals surface area contributed by atoms with Crippen molar-refractivity contribution in [3.63, 3.8) is 0 Å². The first-order chi connectivity index (χ1) is 17.6. The lowest BCUT2D eigenvalue weighted by Crippen LogP contribution is -2.25. The van der Waals surface area contributed by atoms with E-state index in [4.69, 9.17) is 4.74 Å². The second-order valence-electron chi connectivity index (χ2n) is 8.87. The first-order valence-corrected chi connectivity index (χ1v) is 12.4. The van der Waals surface area contributed by atoms with E-state index in [0.717, 1.165) is 74.1 Å². The summed E-state index contributed by atoms with van der Waals surface area (Å²) >= 11 is 0. The highest BCUT2D eigenvalue weighted by Gasteiger charge is 2.40. The minimum Gasteiger partial charge on any atom is -0.429 e. The minimum atomic E-state index is -4.23. The molecule has 0 saturated heterocycles. The van der Waals surface area contributed by atoms with Gasteiger partial charge in [-0.3, -0.25) is 0 Å². The van der Waals surface area contributed by atoms with Crippen LogP contribution >= 0.6 is 0 Å². The van der Waals surface area contributed by atoms with E-state index in [1.165, 1.54) is 12.1 Å². The molecular weight excluding hydrogens is 494 g/mol. The van der Waals surface area contributed by atoms with Crippen LogP contribution in [0.15, 0.2) is 60.7 Å². The summed E-state index contributed by atoms with van der Waals surface area (Å²) in [6.07, 6.45) is -2.64. The van der Waals surface area contributed by atoms with Crippen LogP contribution in [0.5, 0.6) is 11.5 Å². The molecule has 0 heterocycles. The van der Waals surface area contributed by atoms with Crippen molar-refractivity contribution in [2.24, 2.45) is 0 Å². The Morgan fingerprint density at radius 1 is 0.595 bits per heavy atom. The highest BCUT2D eigenvalue weighted by Crippen LogP contribution is 2.37. The van der Waals surface area contributed by atoms with E-state index in [0.29, 0.717) is 6.42 Å². The highest BCUT2D eigenvalue weighted by atomic mass is 19.3. The van der Waals surface area contributed by atoms with Crippen molar-refractivity contribution in [2.45, 2.75) is 71.0 Å². The zero-order chi connectivity index (χ0) is 27.1. The molecule has 0 aliphatic carbocycles. The predicted molar refractivity (Wildman–Crippen MR) is 130 cm³/mol. The molecule has 8 heteroatoms. The number of alkyl halides is 4. The van der Waals surface area contributed by atoms with Crippen LogP contribution < -0.4 is 9.47 Å². The van der Waals surface area contributed by atoms with Gasteiger partial charge in [0.15, 0.2) is 11.6 Å². The normalized spacial score (nSPS) is 12.0.